The molecule has 0 fully saturated rings. The molecule has 1 N–H and O–H groups in total. The topological polar surface area (TPSA) is 59.8 Å². The van der Waals surface area contributed by atoms with E-state index < -0.39 is 0 Å². The second-order valence-electron chi connectivity index (χ2n) is 5.24. The van der Waals surface area contributed by atoms with Crippen LogP contribution in [0.25, 0.3) is 11.8 Å². The van der Waals surface area contributed by atoms with Crippen LogP contribution in [0.2, 0.25) is 5.15 Å². The van der Waals surface area contributed by atoms with Crippen molar-refractivity contribution in [1.29, 1.82) is 0 Å². The van der Waals surface area contributed by atoms with Crippen molar-refractivity contribution in [2.45, 2.75) is 6.92 Å². The summed E-state index contributed by atoms with van der Waals surface area (Å²) in [5, 5.41) is 7.38. The van der Waals surface area contributed by atoms with E-state index in [-0.39, 0.29) is 11.7 Å². The predicted molar refractivity (Wildman–Crippen MR) is 95.2 cm³/mol. The molecule has 5 nitrogen and oxygen atoms in total. The number of aryl methyl sites for hydroxylation is 1. The van der Waals surface area contributed by atoms with Crippen LogP contribution >= 0.6 is 11.6 Å². The number of carbonyl (C=O) groups is 1. The molecule has 0 radical (unpaired) electrons. The van der Waals surface area contributed by atoms with Crippen LogP contribution in [-0.2, 0) is 4.79 Å². The van der Waals surface area contributed by atoms with Crippen molar-refractivity contribution in [2.75, 3.05) is 5.32 Å². The van der Waals surface area contributed by atoms with Gasteiger partial charge in [0, 0.05) is 17.8 Å². The quantitative estimate of drug-likeness (QED) is 0.718. The molecule has 0 unspecified atom stereocenters. The van der Waals surface area contributed by atoms with Gasteiger partial charge in [-0.15, -0.1) is 0 Å². The number of pyridine rings is 1. The number of hydrogen-bond acceptors (Lipinski definition) is 3. The minimum absolute atomic E-state index is 0.307. The minimum Gasteiger partial charge on any atom is -0.321 e. The molecule has 0 atom stereocenters. The fraction of sp³-hybridized carbons (Fsp3) is 0.0556. The molecule has 2 heterocycles. The maximum absolute atomic E-state index is 13.1. The van der Waals surface area contributed by atoms with Crippen LogP contribution in [0.15, 0.2) is 54.9 Å². The van der Waals surface area contributed by atoms with Crippen LogP contribution in [0.1, 0.15) is 11.3 Å². The average molecular weight is 357 g/mol. The van der Waals surface area contributed by atoms with Crippen LogP contribution in [0.3, 0.4) is 0 Å². The van der Waals surface area contributed by atoms with Gasteiger partial charge >= 0.3 is 0 Å². The molecule has 2 aromatic heterocycles. The highest BCUT2D eigenvalue weighted by Crippen LogP contribution is 2.24. The predicted octanol–water partition coefficient (Wildman–Crippen LogP) is 4.02. The SMILES string of the molecule is Cc1nn(-c2ccc(F)cc2)c(Cl)c1/C=C/C(=O)Nc1cccnc1. The van der Waals surface area contributed by atoms with Gasteiger partial charge in [0.05, 0.1) is 23.3 Å². The summed E-state index contributed by atoms with van der Waals surface area (Å²) < 4.78 is 14.5. The molecule has 126 valence electrons. The number of hydrogen-bond donors (Lipinski definition) is 1. The Morgan fingerprint density at radius 3 is 2.72 bits per heavy atom. The highest BCUT2D eigenvalue weighted by molar-refractivity contribution is 6.31. The first-order chi connectivity index (χ1) is 12.0. The normalized spacial score (nSPS) is 11.0. The lowest BCUT2D eigenvalue weighted by Crippen LogP contribution is -2.07. The van der Waals surface area contributed by atoms with Crippen molar-refractivity contribution in [3.8, 4) is 5.69 Å². The number of amides is 1. The molecule has 7 heteroatoms. The summed E-state index contributed by atoms with van der Waals surface area (Å²) in [6.07, 6.45) is 6.14. The Hall–Kier alpha value is -2.99. The number of nitrogens with one attached hydrogen (secondary N) is 1. The Morgan fingerprint density at radius 2 is 2.04 bits per heavy atom. The molecule has 1 aromatic carbocycles. The standard InChI is InChI=1S/C18H14ClFN4O/c1-12-16(8-9-17(25)22-14-3-2-10-21-11-14)18(19)24(23-12)15-6-4-13(20)5-7-15/h2-11H,1H3,(H,22,25)/b9-8+. The second-order valence-corrected chi connectivity index (χ2v) is 5.60. The molecule has 0 aliphatic carbocycles. The van der Waals surface area contributed by atoms with Gasteiger partial charge in [-0.05, 0) is 49.4 Å². The Balaban J connectivity index is 1.81. The minimum atomic E-state index is -0.337. The van der Waals surface area contributed by atoms with Crippen molar-refractivity contribution in [3.05, 3.63) is 77.1 Å². The molecule has 0 bridgehead atoms. The van der Waals surface area contributed by atoms with Gasteiger partial charge in [0.1, 0.15) is 11.0 Å². The van der Waals surface area contributed by atoms with Crippen LogP contribution in [0.5, 0.6) is 0 Å². The first-order valence-corrected chi connectivity index (χ1v) is 7.82. The van der Waals surface area contributed by atoms with Crippen LogP contribution in [0.4, 0.5) is 10.1 Å². The Morgan fingerprint density at radius 1 is 1.28 bits per heavy atom. The second kappa shape index (κ2) is 7.27. The largest absolute Gasteiger partial charge is 0.321 e. The van der Waals surface area contributed by atoms with E-state index in [0.29, 0.717) is 27.8 Å². The summed E-state index contributed by atoms with van der Waals surface area (Å²) >= 11 is 6.36. The van der Waals surface area contributed by atoms with Gasteiger partial charge in [0.2, 0.25) is 5.91 Å². The zero-order chi connectivity index (χ0) is 17.8. The van der Waals surface area contributed by atoms with Crippen LogP contribution in [0, 0.1) is 12.7 Å². The summed E-state index contributed by atoms with van der Waals surface area (Å²) in [7, 11) is 0. The van der Waals surface area contributed by atoms with Crippen molar-refractivity contribution in [1.82, 2.24) is 14.8 Å². The van der Waals surface area contributed by atoms with Gasteiger partial charge in [-0.25, -0.2) is 9.07 Å². The maximum atomic E-state index is 13.1. The number of anilines is 1. The summed E-state index contributed by atoms with van der Waals surface area (Å²) in [5.74, 6) is -0.644. The fourth-order valence-electron chi connectivity index (χ4n) is 2.23. The third-order valence-corrected chi connectivity index (χ3v) is 3.81. The van der Waals surface area contributed by atoms with Gasteiger partial charge in [0.25, 0.3) is 0 Å². The third-order valence-electron chi connectivity index (χ3n) is 3.45. The molecule has 0 spiro atoms. The number of carbonyl (C=O) groups excluding carboxylic acids is 1. The number of benzene rings is 1. The van der Waals surface area contributed by atoms with Gasteiger partial charge < -0.3 is 5.32 Å². The molecule has 0 saturated heterocycles. The van der Waals surface area contributed by atoms with Crippen molar-refractivity contribution < 1.29 is 9.18 Å². The van der Waals surface area contributed by atoms with E-state index in [1.165, 1.54) is 22.9 Å². The Labute approximate surface area is 148 Å². The molecular formula is C18H14ClFN4O. The van der Waals surface area contributed by atoms with Gasteiger partial charge in [-0.2, -0.15) is 5.10 Å². The third kappa shape index (κ3) is 3.92. The van der Waals surface area contributed by atoms with Crippen LogP contribution in [-0.4, -0.2) is 20.7 Å². The smallest absolute Gasteiger partial charge is 0.248 e. The lowest BCUT2D eigenvalue weighted by molar-refractivity contribution is -0.111. The number of nitrogens with zero attached hydrogens (tertiary/aromatic N) is 3. The molecular weight excluding hydrogens is 343 g/mol. The molecule has 1 amide bonds. The van der Waals surface area contributed by atoms with Gasteiger partial charge in [-0.3, -0.25) is 9.78 Å². The molecule has 0 aliphatic heterocycles. The van der Waals surface area contributed by atoms with E-state index in [1.807, 2.05) is 0 Å². The molecule has 3 rings (SSSR count). The number of rotatable bonds is 4. The lowest BCUT2D eigenvalue weighted by atomic mass is 10.2. The molecule has 0 aliphatic rings. The van der Waals surface area contributed by atoms with E-state index in [0.717, 1.165) is 0 Å². The van der Waals surface area contributed by atoms with E-state index in [4.69, 9.17) is 11.6 Å². The zero-order valence-electron chi connectivity index (χ0n) is 13.3. The molecule has 0 saturated carbocycles. The Bertz CT molecular complexity index is 920. The van der Waals surface area contributed by atoms with E-state index >= 15 is 0 Å². The van der Waals surface area contributed by atoms with E-state index in [1.54, 1.807) is 49.7 Å². The summed E-state index contributed by atoms with van der Waals surface area (Å²) in [4.78, 5) is 15.9. The lowest BCUT2D eigenvalue weighted by Gasteiger charge is -2.02. The van der Waals surface area contributed by atoms with Crippen molar-refractivity contribution >= 4 is 29.3 Å². The number of halogens is 2. The number of aromatic nitrogens is 3. The summed E-state index contributed by atoms with van der Waals surface area (Å²) in [6, 6.07) is 9.29. The highest BCUT2D eigenvalue weighted by Gasteiger charge is 2.13. The fourth-order valence-corrected chi connectivity index (χ4v) is 2.57. The van der Waals surface area contributed by atoms with Crippen molar-refractivity contribution in [2.24, 2.45) is 0 Å². The molecule has 3 aromatic rings. The van der Waals surface area contributed by atoms with Gasteiger partial charge in [0.15, 0.2) is 0 Å². The first kappa shape index (κ1) is 16.9. The van der Waals surface area contributed by atoms with Crippen LogP contribution < -0.4 is 5.32 Å². The van der Waals surface area contributed by atoms with Gasteiger partial charge in [-0.1, -0.05) is 11.6 Å². The summed E-state index contributed by atoms with van der Waals surface area (Å²) in [6.45, 7) is 1.78. The average Bonchev–Trinajstić information content (AvgIpc) is 2.89. The van der Waals surface area contributed by atoms with Crippen molar-refractivity contribution in [3.63, 3.8) is 0 Å². The Kier molecular flexibility index (Phi) is 4.90. The molecule has 25 heavy (non-hydrogen) atoms. The zero-order valence-corrected chi connectivity index (χ0v) is 14.0. The van der Waals surface area contributed by atoms with E-state index in [9.17, 15) is 9.18 Å². The monoisotopic (exact) mass is 356 g/mol. The highest BCUT2D eigenvalue weighted by atomic mass is 35.5. The maximum Gasteiger partial charge on any atom is 0.248 e. The van der Waals surface area contributed by atoms with E-state index in [2.05, 4.69) is 15.4 Å². The first-order valence-electron chi connectivity index (χ1n) is 7.45. The summed E-state index contributed by atoms with van der Waals surface area (Å²) in [5.41, 5.74) is 2.50.